The third kappa shape index (κ3) is 18.2. The molecule has 322 valence electrons. The van der Waals surface area contributed by atoms with Crippen molar-refractivity contribution in [2.75, 3.05) is 65.6 Å². The van der Waals surface area contributed by atoms with Gasteiger partial charge in [-0.2, -0.15) is 0 Å². The quantitative estimate of drug-likeness (QED) is 0.0465. The maximum atomic E-state index is 12.8. The van der Waals surface area contributed by atoms with Crippen molar-refractivity contribution >= 4 is 35.6 Å². The average molecular weight is 816 g/mol. The van der Waals surface area contributed by atoms with Crippen molar-refractivity contribution in [3.05, 3.63) is 29.6 Å². The van der Waals surface area contributed by atoms with Crippen molar-refractivity contribution < 1.29 is 74.7 Å². The summed E-state index contributed by atoms with van der Waals surface area (Å²) < 4.78 is 0. The van der Waals surface area contributed by atoms with Gasteiger partial charge in [-0.15, -0.1) is 0 Å². The van der Waals surface area contributed by atoms with E-state index >= 15 is 0 Å². The summed E-state index contributed by atoms with van der Waals surface area (Å²) in [7, 11) is 0. The van der Waals surface area contributed by atoms with Gasteiger partial charge in [0.15, 0.2) is 0 Å². The standard InChI is InChI=1S/C35H57N7O15/c43-19-24(46)14-36-30(49)7-4-27(33(52)53)40-10-12-41(28(34(54)55)5-8-31(50)37-15-25(47)20-44)17-22-2-1-3-23(39-22)18-42(13-11-40)29(35(56)57)6-9-32(51)38-16-26(48)21-45/h1-3,24-29,43-48H,4-21H2,(H,36,49)(H,37,50)(H,38,51)(H,52,53)(H,54,55)(H,56,57). The second-order valence-corrected chi connectivity index (χ2v) is 13.7. The summed E-state index contributed by atoms with van der Waals surface area (Å²) in [5.74, 6) is -5.65. The van der Waals surface area contributed by atoms with Gasteiger partial charge in [-0.3, -0.25) is 48.5 Å². The molecule has 6 atom stereocenters. The second kappa shape index (κ2) is 25.8. The highest BCUT2D eigenvalue weighted by Crippen LogP contribution is 2.19. The van der Waals surface area contributed by atoms with Crippen LogP contribution < -0.4 is 16.0 Å². The van der Waals surface area contributed by atoms with Crippen LogP contribution in [0.15, 0.2) is 18.2 Å². The highest BCUT2D eigenvalue weighted by atomic mass is 16.4. The number of fused-ring (bicyclic) bond motifs is 2. The molecule has 12 N–H and O–H groups in total. The summed E-state index contributed by atoms with van der Waals surface area (Å²) in [6.07, 6.45) is -5.14. The zero-order valence-electron chi connectivity index (χ0n) is 31.7. The number of carbonyl (C=O) groups excluding carboxylic acids is 3. The molecule has 22 heteroatoms. The minimum Gasteiger partial charge on any atom is -0.480 e. The second-order valence-electron chi connectivity index (χ2n) is 13.7. The lowest BCUT2D eigenvalue weighted by Gasteiger charge is -2.37. The van der Waals surface area contributed by atoms with Gasteiger partial charge in [-0.1, -0.05) is 6.07 Å². The Morgan fingerprint density at radius 2 is 0.842 bits per heavy atom. The minimum atomic E-state index is -1.35. The number of rotatable bonds is 24. The van der Waals surface area contributed by atoms with Gasteiger partial charge in [0, 0.05) is 78.2 Å². The third-order valence-corrected chi connectivity index (χ3v) is 9.29. The van der Waals surface area contributed by atoms with E-state index in [0.717, 1.165) is 0 Å². The summed E-state index contributed by atoms with van der Waals surface area (Å²) in [6.45, 7) is -3.13. The van der Waals surface area contributed by atoms with Crippen LogP contribution in [-0.2, 0) is 41.9 Å². The van der Waals surface area contributed by atoms with Gasteiger partial charge in [0.1, 0.15) is 18.1 Å². The molecule has 0 saturated carbocycles. The smallest absolute Gasteiger partial charge is 0.320 e. The van der Waals surface area contributed by atoms with Crippen molar-refractivity contribution in [1.82, 2.24) is 35.6 Å². The van der Waals surface area contributed by atoms with Gasteiger partial charge < -0.3 is 61.9 Å². The Balaban J connectivity index is 2.49. The molecular weight excluding hydrogens is 758 g/mol. The number of nitrogens with one attached hydrogen (secondary N) is 3. The topological polar surface area (TPSA) is 343 Å². The summed E-state index contributed by atoms with van der Waals surface area (Å²) >= 11 is 0. The number of carbonyl (C=O) groups is 6. The molecular formula is C35H57N7O15. The number of hydrogen-bond donors (Lipinski definition) is 12. The number of amides is 3. The maximum absolute atomic E-state index is 12.8. The largest absolute Gasteiger partial charge is 0.480 e. The first-order chi connectivity index (χ1) is 27.1. The van der Waals surface area contributed by atoms with E-state index in [1.165, 1.54) is 14.7 Å². The molecule has 2 bridgehead atoms. The van der Waals surface area contributed by atoms with Gasteiger partial charge in [0.25, 0.3) is 0 Å². The van der Waals surface area contributed by atoms with E-state index in [1.54, 1.807) is 18.2 Å². The molecule has 3 amide bonds. The number of carboxylic acids is 3. The lowest BCUT2D eigenvalue weighted by molar-refractivity contribution is -0.147. The number of hydrogen-bond acceptors (Lipinski definition) is 16. The number of pyridine rings is 1. The molecule has 0 aliphatic carbocycles. The van der Waals surface area contributed by atoms with Crippen molar-refractivity contribution in [1.29, 1.82) is 0 Å². The van der Waals surface area contributed by atoms with Crippen molar-refractivity contribution in [2.45, 2.75) is 88.1 Å². The first kappa shape index (κ1) is 48.8. The molecule has 0 spiro atoms. The van der Waals surface area contributed by atoms with Gasteiger partial charge in [0.05, 0.1) is 49.5 Å². The summed E-state index contributed by atoms with van der Waals surface area (Å²) in [5, 5.41) is 94.1. The van der Waals surface area contributed by atoms with Crippen molar-refractivity contribution in [2.24, 2.45) is 0 Å². The van der Waals surface area contributed by atoms with E-state index in [9.17, 15) is 59.4 Å². The Hall–Kier alpha value is -4.39. The SMILES string of the molecule is O=C(CCC(C(=O)O)N1CCN(C(CCC(=O)NCC(O)CO)C(=O)O)Cc2cccc(n2)CN(C(CCC(=O)NCC(O)CO)C(=O)O)CC1)NCC(O)CO. The molecule has 2 rings (SSSR count). The van der Waals surface area contributed by atoms with E-state index in [1.807, 2.05) is 0 Å². The highest BCUT2D eigenvalue weighted by Gasteiger charge is 2.33. The van der Waals surface area contributed by atoms with Crippen LogP contribution in [0.3, 0.4) is 0 Å². The highest BCUT2D eigenvalue weighted by molar-refractivity contribution is 5.80. The van der Waals surface area contributed by atoms with Crippen LogP contribution in [0.5, 0.6) is 0 Å². The number of aliphatic carboxylic acids is 3. The van der Waals surface area contributed by atoms with Crippen LogP contribution in [0.25, 0.3) is 0 Å². The number of aliphatic hydroxyl groups is 6. The van der Waals surface area contributed by atoms with E-state index in [4.69, 9.17) is 15.3 Å². The first-order valence-corrected chi connectivity index (χ1v) is 18.6. The molecule has 22 nitrogen and oxygen atoms in total. The molecule has 0 aromatic carbocycles. The number of aromatic nitrogens is 1. The lowest BCUT2D eigenvalue weighted by atomic mass is 10.1. The lowest BCUT2D eigenvalue weighted by Crippen LogP contribution is -2.52. The van der Waals surface area contributed by atoms with Gasteiger partial charge in [-0.25, -0.2) is 0 Å². The van der Waals surface area contributed by atoms with E-state index in [2.05, 4.69) is 20.9 Å². The van der Waals surface area contributed by atoms with Crippen molar-refractivity contribution in [3.8, 4) is 0 Å². The Kier molecular flexibility index (Phi) is 22.1. The number of nitrogens with zero attached hydrogens (tertiary/aromatic N) is 4. The molecule has 0 radical (unpaired) electrons. The molecule has 2 heterocycles. The predicted octanol–water partition coefficient (Wildman–Crippen LogP) is -4.89. The molecule has 1 aliphatic heterocycles. The average Bonchev–Trinajstić information content (AvgIpc) is 3.17. The number of aliphatic hydroxyl groups excluding tert-OH is 6. The molecule has 0 saturated heterocycles. The van der Waals surface area contributed by atoms with Crippen LogP contribution in [0.1, 0.15) is 49.9 Å². The third-order valence-electron chi connectivity index (χ3n) is 9.29. The van der Waals surface area contributed by atoms with E-state index in [-0.39, 0.29) is 97.4 Å². The van der Waals surface area contributed by atoms with E-state index < -0.39 is 91.9 Å². The Labute approximate surface area is 329 Å². The molecule has 57 heavy (non-hydrogen) atoms. The van der Waals surface area contributed by atoms with Gasteiger partial charge in [0.2, 0.25) is 17.7 Å². The maximum Gasteiger partial charge on any atom is 0.320 e. The fourth-order valence-corrected chi connectivity index (χ4v) is 6.09. The minimum absolute atomic E-state index is 0.0843. The fraction of sp³-hybridized carbons (Fsp3) is 0.686. The zero-order valence-corrected chi connectivity index (χ0v) is 31.7. The molecule has 1 aliphatic rings. The number of carboxylic acid groups (broad SMARTS) is 3. The van der Waals surface area contributed by atoms with Crippen LogP contribution in [0.4, 0.5) is 0 Å². The first-order valence-electron chi connectivity index (χ1n) is 18.6. The molecule has 6 unspecified atom stereocenters. The fourth-order valence-electron chi connectivity index (χ4n) is 6.09. The Bertz CT molecular complexity index is 1380. The monoisotopic (exact) mass is 815 g/mol. The molecule has 1 aromatic heterocycles. The Morgan fingerprint density at radius 3 is 1.14 bits per heavy atom. The molecule has 1 aromatic rings. The van der Waals surface area contributed by atoms with Crippen LogP contribution in [0, 0.1) is 0 Å². The normalized spacial score (nSPS) is 17.7. The van der Waals surface area contributed by atoms with Crippen LogP contribution >= 0.6 is 0 Å². The van der Waals surface area contributed by atoms with E-state index in [0.29, 0.717) is 11.4 Å². The Morgan fingerprint density at radius 1 is 0.544 bits per heavy atom. The predicted molar refractivity (Wildman–Crippen MR) is 197 cm³/mol. The summed E-state index contributed by atoms with van der Waals surface area (Å²) in [6, 6.07) is 0.996. The van der Waals surface area contributed by atoms with Crippen molar-refractivity contribution in [3.63, 3.8) is 0 Å². The molecule has 0 fully saturated rings. The zero-order chi connectivity index (χ0) is 42.5. The van der Waals surface area contributed by atoms with Crippen LogP contribution in [0.2, 0.25) is 0 Å². The van der Waals surface area contributed by atoms with Gasteiger partial charge in [-0.05, 0) is 31.4 Å². The van der Waals surface area contributed by atoms with Crippen LogP contribution in [-0.4, -0.2) is 203 Å². The summed E-state index contributed by atoms with van der Waals surface area (Å²) in [5.41, 5.74) is 0.762. The van der Waals surface area contributed by atoms with Gasteiger partial charge >= 0.3 is 17.9 Å². The summed E-state index contributed by atoms with van der Waals surface area (Å²) in [4.78, 5) is 84.9.